The van der Waals surface area contributed by atoms with Crippen molar-refractivity contribution >= 4 is 23.2 Å². The van der Waals surface area contributed by atoms with Gasteiger partial charge in [-0.05, 0) is 32.9 Å². The van der Waals surface area contributed by atoms with Gasteiger partial charge in [0.2, 0.25) is 0 Å². The van der Waals surface area contributed by atoms with Crippen LogP contribution in [-0.4, -0.2) is 18.7 Å². The first-order chi connectivity index (χ1) is 7.40. The molecule has 1 N–H and O–H groups in total. The zero-order valence-electron chi connectivity index (χ0n) is 9.81. The maximum Gasteiger partial charge on any atom is 0.156 e. The van der Waals surface area contributed by atoms with Crippen molar-refractivity contribution in [3.8, 4) is 5.75 Å². The van der Waals surface area contributed by atoms with Gasteiger partial charge in [0.05, 0.1) is 10.0 Å². The van der Waals surface area contributed by atoms with Gasteiger partial charge in [-0.25, -0.2) is 0 Å². The smallest absolute Gasteiger partial charge is 0.156 e. The highest BCUT2D eigenvalue weighted by atomic mass is 35.5. The second kappa shape index (κ2) is 5.76. The van der Waals surface area contributed by atoms with Gasteiger partial charge in [0.15, 0.2) is 5.75 Å². The molecule has 16 heavy (non-hydrogen) atoms. The molecule has 4 heteroatoms. The minimum absolute atomic E-state index is 0.0909. The topological polar surface area (TPSA) is 21.3 Å². The summed E-state index contributed by atoms with van der Waals surface area (Å²) < 4.78 is 5.54. The third kappa shape index (κ3) is 4.60. The van der Waals surface area contributed by atoms with E-state index in [4.69, 9.17) is 27.9 Å². The third-order valence-corrected chi connectivity index (χ3v) is 2.52. The molecule has 1 rings (SSSR count). The Morgan fingerprint density at radius 1 is 1.19 bits per heavy atom. The van der Waals surface area contributed by atoms with E-state index in [0.717, 1.165) is 6.54 Å². The van der Waals surface area contributed by atoms with E-state index in [2.05, 4.69) is 26.1 Å². The van der Waals surface area contributed by atoms with Crippen LogP contribution in [0.2, 0.25) is 10.0 Å². The van der Waals surface area contributed by atoms with Crippen LogP contribution in [0.3, 0.4) is 0 Å². The quantitative estimate of drug-likeness (QED) is 0.834. The Morgan fingerprint density at radius 3 is 2.25 bits per heavy atom. The molecule has 0 atom stereocenters. The monoisotopic (exact) mass is 261 g/mol. The highest BCUT2D eigenvalue weighted by molar-refractivity contribution is 6.37. The van der Waals surface area contributed by atoms with Gasteiger partial charge >= 0.3 is 0 Å². The zero-order chi connectivity index (χ0) is 12.2. The fourth-order valence-corrected chi connectivity index (χ4v) is 1.71. The predicted octanol–water partition coefficient (Wildman–Crippen LogP) is 3.76. The minimum atomic E-state index is 0.0909. The van der Waals surface area contributed by atoms with E-state index in [1.807, 2.05) is 0 Å². The number of para-hydroxylation sites is 1. The molecule has 1 aromatic rings. The zero-order valence-corrected chi connectivity index (χ0v) is 11.3. The molecule has 90 valence electrons. The Balaban J connectivity index is 2.43. The summed E-state index contributed by atoms with van der Waals surface area (Å²) in [6, 6.07) is 5.32. The van der Waals surface area contributed by atoms with Crippen molar-refractivity contribution in [2.45, 2.75) is 26.3 Å². The fourth-order valence-electron chi connectivity index (χ4n) is 1.20. The normalized spacial score (nSPS) is 11.6. The molecule has 2 nitrogen and oxygen atoms in total. The molecule has 0 saturated carbocycles. The van der Waals surface area contributed by atoms with Crippen molar-refractivity contribution < 1.29 is 4.74 Å². The van der Waals surface area contributed by atoms with E-state index >= 15 is 0 Å². The number of nitrogens with one attached hydrogen (secondary N) is 1. The van der Waals surface area contributed by atoms with Crippen molar-refractivity contribution in [1.29, 1.82) is 0 Å². The molecule has 0 aliphatic heterocycles. The van der Waals surface area contributed by atoms with E-state index in [9.17, 15) is 0 Å². The number of hydrogen-bond acceptors (Lipinski definition) is 2. The van der Waals surface area contributed by atoms with Crippen LogP contribution in [0.1, 0.15) is 20.8 Å². The van der Waals surface area contributed by atoms with Gasteiger partial charge in [-0.1, -0.05) is 29.3 Å². The number of benzene rings is 1. The summed E-state index contributed by atoms with van der Waals surface area (Å²) in [6.07, 6.45) is 0. The summed E-state index contributed by atoms with van der Waals surface area (Å²) >= 11 is 11.9. The van der Waals surface area contributed by atoms with E-state index < -0.39 is 0 Å². The van der Waals surface area contributed by atoms with Gasteiger partial charge in [-0.15, -0.1) is 0 Å². The van der Waals surface area contributed by atoms with Crippen LogP contribution in [0.25, 0.3) is 0 Å². The average Bonchev–Trinajstić information content (AvgIpc) is 2.14. The molecular weight excluding hydrogens is 245 g/mol. The molecule has 0 heterocycles. The molecule has 0 fully saturated rings. The fraction of sp³-hybridized carbons (Fsp3) is 0.500. The summed E-state index contributed by atoms with van der Waals surface area (Å²) in [5.41, 5.74) is 0.0909. The van der Waals surface area contributed by atoms with Crippen molar-refractivity contribution in [3.63, 3.8) is 0 Å². The first kappa shape index (κ1) is 13.6. The Labute approximate surface area is 107 Å². The Kier molecular flexibility index (Phi) is 4.90. The lowest BCUT2D eigenvalue weighted by Gasteiger charge is -2.20. The number of ether oxygens (including phenoxy) is 1. The third-order valence-electron chi connectivity index (χ3n) is 1.92. The van der Waals surface area contributed by atoms with Crippen LogP contribution in [0.5, 0.6) is 5.75 Å². The Morgan fingerprint density at radius 2 is 1.75 bits per heavy atom. The molecule has 0 spiro atoms. The lowest BCUT2D eigenvalue weighted by Crippen LogP contribution is -2.38. The summed E-state index contributed by atoms with van der Waals surface area (Å²) in [4.78, 5) is 0. The standard InChI is InChI=1S/C12H17Cl2NO/c1-12(2,3)15-7-8-16-11-9(13)5-4-6-10(11)14/h4-6,15H,7-8H2,1-3H3. The van der Waals surface area contributed by atoms with E-state index in [1.165, 1.54) is 0 Å². The molecule has 0 saturated heterocycles. The van der Waals surface area contributed by atoms with Crippen molar-refractivity contribution in [3.05, 3.63) is 28.2 Å². The molecule has 0 aromatic heterocycles. The van der Waals surface area contributed by atoms with Crippen molar-refractivity contribution in [2.24, 2.45) is 0 Å². The summed E-state index contributed by atoms with van der Waals surface area (Å²) in [5, 5.41) is 4.41. The second-order valence-corrected chi connectivity index (χ2v) is 5.39. The van der Waals surface area contributed by atoms with E-state index in [-0.39, 0.29) is 5.54 Å². The van der Waals surface area contributed by atoms with Crippen LogP contribution >= 0.6 is 23.2 Å². The summed E-state index contributed by atoms with van der Waals surface area (Å²) in [6.45, 7) is 7.62. The molecular formula is C12H17Cl2NO. The maximum absolute atomic E-state index is 5.97. The first-order valence-corrected chi connectivity index (χ1v) is 5.97. The van der Waals surface area contributed by atoms with Gasteiger partial charge in [-0.2, -0.15) is 0 Å². The van der Waals surface area contributed by atoms with Crippen LogP contribution in [0.4, 0.5) is 0 Å². The molecule has 0 radical (unpaired) electrons. The minimum Gasteiger partial charge on any atom is -0.489 e. The largest absolute Gasteiger partial charge is 0.489 e. The number of rotatable bonds is 4. The van der Waals surface area contributed by atoms with E-state index in [0.29, 0.717) is 22.4 Å². The summed E-state index contributed by atoms with van der Waals surface area (Å²) in [5.74, 6) is 0.557. The Bertz CT molecular complexity index is 327. The SMILES string of the molecule is CC(C)(C)NCCOc1c(Cl)cccc1Cl. The molecule has 0 amide bonds. The summed E-state index contributed by atoms with van der Waals surface area (Å²) in [7, 11) is 0. The van der Waals surface area contributed by atoms with Crippen molar-refractivity contribution in [2.75, 3.05) is 13.2 Å². The first-order valence-electron chi connectivity index (χ1n) is 5.22. The molecule has 1 aromatic carbocycles. The molecule has 0 aliphatic rings. The van der Waals surface area contributed by atoms with Gasteiger partial charge < -0.3 is 10.1 Å². The lowest BCUT2D eigenvalue weighted by atomic mass is 10.1. The average molecular weight is 262 g/mol. The van der Waals surface area contributed by atoms with Gasteiger partial charge in [0.1, 0.15) is 6.61 Å². The number of halogens is 2. The van der Waals surface area contributed by atoms with E-state index in [1.54, 1.807) is 18.2 Å². The second-order valence-electron chi connectivity index (χ2n) is 4.58. The molecule has 0 unspecified atom stereocenters. The van der Waals surface area contributed by atoms with Crippen LogP contribution in [0.15, 0.2) is 18.2 Å². The van der Waals surface area contributed by atoms with Crippen LogP contribution < -0.4 is 10.1 Å². The predicted molar refractivity (Wildman–Crippen MR) is 69.7 cm³/mol. The van der Waals surface area contributed by atoms with Gasteiger partial charge in [0, 0.05) is 12.1 Å². The maximum atomic E-state index is 5.97. The Hall–Kier alpha value is -0.440. The highest BCUT2D eigenvalue weighted by Crippen LogP contribution is 2.32. The van der Waals surface area contributed by atoms with Crippen molar-refractivity contribution in [1.82, 2.24) is 5.32 Å². The van der Waals surface area contributed by atoms with Crippen LogP contribution in [0, 0.1) is 0 Å². The molecule has 0 aliphatic carbocycles. The van der Waals surface area contributed by atoms with Gasteiger partial charge in [-0.3, -0.25) is 0 Å². The number of hydrogen-bond donors (Lipinski definition) is 1. The van der Waals surface area contributed by atoms with Crippen LogP contribution in [-0.2, 0) is 0 Å². The lowest BCUT2D eigenvalue weighted by molar-refractivity contribution is 0.291. The highest BCUT2D eigenvalue weighted by Gasteiger charge is 2.09. The van der Waals surface area contributed by atoms with Gasteiger partial charge in [0.25, 0.3) is 0 Å². The molecule has 0 bridgehead atoms.